The van der Waals surface area contributed by atoms with E-state index in [0.717, 1.165) is 12.1 Å². The SMILES string of the molecule is CCN(C)C(=O)CNC(C)c1ccncc1. The summed E-state index contributed by atoms with van der Waals surface area (Å²) >= 11 is 0. The molecule has 0 aliphatic heterocycles. The maximum atomic E-state index is 11.6. The highest BCUT2D eigenvalue weighted by molar-refractivity contribution is 5.77. The molecule has 0 aromatic carbocycles. The minimum Gasteiger partial charge on any atom is -0.345 e. The van der Waals surface area contributed by atoms with Gasteiger partial charge in [-0.2, -0.15) is 0 Å². The van der Waals surface area contributed by atoms with Crippen molar-refractivity contribution in [1.29, 1.82) is 0 Å². The highest BCUT2D eigenvalue weighted by Gasteiger charge is 2.09. The van der Waals surface area contributed by atoms with E-state index in [0.29, 0.717) is 6.54 Å². The van der Waals surface area contributed by atoms with E-state index in [4.69, 9.17) is 0 Å². The van der Waals surface area contributed by atoms with Crippen LogP contribution in [0.2, 0.25) is 0 Å². The van der Waals surface area contributed by atoms with E-state index >= 15 is 0 Å². The first-order valence-electron chi connectivity index (χ1n) is 5.52. The quantitative estimate of drug-likeness (QED) is 0.813. The summed E-state index contributed by atoms with van der Waals surface area (Å²) in [5.41, 5.74) is 1.14. The van der Waals surface area contributed by atoms with Crippen molar-refractivity contribution in [2.24, 2.45) is 0 Å². The van der Waals surface area contributed by atoms with Crippen molar-refractivity contribution in [3.8, 4) is 0 Å². The number of hydrogen-bond acceptors (Lipinski definition) is 3. The molecule has 16 heavy (non-hydrogen) atoms. The molecule has 1 unspecified atom stereocenters. The monoisotopic (exact) mass is 221 g/mol. The van der Waals surface area contributed by atoms with E-state index in [2.05, 4.69) is 10.3 Å². The van der Waals surface area contributed by atoms with Gasteiger partial charge in [0.1, 0.15) is 0 Å². The zero-order valence-corrected chi connectivity index (χ0v) is 10.1. The van der Waals surface area contributed by atoms with Gasteiger partial charge in [0.05, 0.1) is 6.54 Å². The predicted octanol–water partition coefficient (Wildman–Crippen LogP) is 1.21. The molecule has 0 aliphatic rings. The lowest BCUT2D eigenvalue weighted by Gasteiger charge is -2.18. The second kappa shape index (κ2) is 6.23. The minimum atomic E-state index is 0.114. The third kappa shape index (κ3) is 3.62. The molecule has 0 fully saturated rings. The van der Waals surface area contributed by atoms with Gasteiger partial charge in [-0.15, -0.1) is 0 Å². The van der Waals surface area contributed by atoms with Gasteiger partial charge in [0, 0.05) is 32.0 Å². The molecule has 0 bridgehead atoms. The summed E-state index contributed by atoms with van der Waals surface area (Å²) in [4.78, 5) is 17.2. The Kier molecular flexibility index (Phi) is 4.92. The fourth-order valence-corrected chi connectivity index (χ4v) is 1.32. The summed E-state index contributed by atoms with van der Waals surface area (Å²) in [5, 5.41) is 3.19. The largest absolute Gasteiger partial charge is 0.345 e. The van der Waals surface area contributed by atoms with E-state index in [-0.39, 0.29) is 11.9 Å². The lowest BCUT2D eigenvalue weighted by Crippen LogP contribution is -2.36. The summed E-state index contributed by atoms with van der Waals surface area (Å²) in [5.74, 6) is 0.114. The number of rotatable bonds is 5. The van der Waals surface area contributed by atoms with Gasteiger partial charge in [-0.25, -0.2) is 0 Å². The van der Waals surface area contributed by atoms with Gasteiger partial charge in [0.15, 0.2) is 0 Å². The molecular weight excluding hydrogens is 202 g/mol. The van der Waals surface area contributed by atoms with Crippen LogP contribution in [0.3, 0.4) is 0 Å². The Hall–Kier alpha value is -1.42. The first-order chi connectivity index (χ1) is 7.65. The van der Waals surface area contributed by atoms with E-state index in [1.165, 1.54) is 0 Å². The zero-order chi connectivity index (χ0) is 12.0. The van der Waals surface area contributed by atoms with Crippen LogP contribution in [0.4, 0.5) is 0 Å². The molecule has 1 aromatic heterocycles. The molecular formula is C12H19N3O. The van der Waals surface area contributed by atoms with Gasteiger partial charge >= 0.3 is 0 Å². The Bertz CT molecular complexity index is 326. The number of amides is 1. The molecule has 0 saturated carbocycles. The van der Waals surface area contributed by atoms with Gasteiger partial charge < -0.3 is 10.2 Å². The van der Waals surface area contributed by atoms with Crippen molar-refractivity contribution in [1.82, 2.24) is 15.2 Å². The Morgan fingerprint density at radius 1 is 1.50 bits per heavy atom. The molecule has 0 saturated heterocycles. The summed E-state index contributed by atoms with van der Waals surface area (Å²) in [6, 6.07) is 4.06. The lowest BCUT2D eigenvalue weighted by atomic mass is 10.1. The van der Waals surface area contributed by atoms with Crippen molar-refractivity contribution in [2.45, 2.75) is 19.9 Å². The number of carbonyl (C=O) groups excluding carboxylic acids is 1. The van der Waals surface area contributed by atoms with Crippen LogP contribution in [0.15, 0.2) is 24.5 Å². The number of nitrogens with one attached hydrogen (secondary N) is 1. The summed E-state index contributed by atoms with van der Waals surface area (Å²) in [7, 11) is 1.81. The molecule has 1 N–H and O–H groups in total. The van der Waals surface area contributed by atoms with Gasteiger partial charge in [0.2, 0.25) is 5.91 Å². The lowest BCUT2D eigenvalue weighted by molar-refractivity contribution is -0.128. The van der Waals surface area contributed by atoms with E-state index in [9.17, 15) is 4.79 Å². The third-order valence-corrected chi connectivity index (χ3v) is 2.67. The average molecular weight is 221 g/mol. The molecule has 1 atom stereocenters. The molecule has 88 valence electrons. The van der Waals surface area contributed by atoms with E-state index in [1.807, 2.05) is 26.0 Å². The summed E-state index contributed by atoms with van der Waals surface area (Å²) < 4.78 is 0. The van der Waals surface area contributed by atoms with Crippen molar-refractivity contribution >= 4 is 5.91 Å². The highest BCUT2D eigenvalue weighted by Crippen LogP contribution is 2.09. The Labute approximate surface area is 96.7 Å². The normalized spacial score (nSPS) is 12.2. The van der Waals surface area contributed by atoms with Gasteiger partial charge in [-0.3, -0.25) is 9.78 Å². The standard InChI is InChI=1S/C12H19N3O/c1-4-15(3)12(16)9-14-10(2)11-5-7-13-8-6-11/h5-8,10,14H,4,9H2,1-3H3. The Morgan fingerprint density at radius 2 is 2.12 bits per heavy atom. The van der Waals surface area contributed by atoms with Crippen LogP contribution in [-0.4, -0.2) is 35.9 Å². The smallest absolute Gasteiger partial charge is 0.236 e. The van der Waals surface area contributed by atoms with Crippen LogP contribution in [-0.2, 0) is 4.79 Å². The van der Waals surface area contributed by atoms with Gasteiger partial charge in [-0.05, 0) is 31.5 Å². The summed E-state index contributed by atoms with van der Waals surface area (Å²) in [6.07, 6.45) is 3.51. The first kappa shape index (κ1) is 12.6. The molecule has 1 heterocycles. The molecule has 1 amide bonds. The zero-order valence-electron chi connectivity index (χ0n) is 10.1. The predicted molar refractivity (Wildman–Crippen MR) is 64.0 cm³/mol. The topological polar surface area (TPSA) is 45.2 Å². The number of pyridine rings is 1. The van der Waals surface area contributed by atoms with Gasteiger partial charge in [0.25, 0.3) is 0 Å². The van der Waals surface area contributed by atoms with E-state index in [1.54, 1.807) is 24.3 Å². The molecule has 0 radical (unpaired) electrons. The molecule has 1 rings (SSSR count). The fraction of sp³-hybridized carbons (Fsp3) is 0.500. The van der Waals surface area contributed by atoms with Crippen LogP contribution in [0.5, 0.6) is 0 Å². The maximum Gasteiger partial charge on any atom is 0.236 e. The van der Waals surface area contributed by atoms with Crippen molar-refractivity contribution in [3.63, 3.8) is 0 Å². The molecule has 4 nitrogen and oxygen atoms in total. The summed E-state index contributed by atoms with van der Waals surface area (Å²) in [6.45, 7) is 5.11. The van der Waals surface area contributed by atoms with E-state index < -0.39 is 0 Å². The second-order valence-electron chi connectivity index (χ2n) is 3.79. The van der Waals surface area contributed by atoms with Crippen LogP contribution >= 0.6 is 0 Å². The Morgan fingerprint density at radius 3 is 2.69 bits per heavy atom. The fourth-order valence-electron chi connectivity index (χ4n) is 1.32. The molecule has 1 aromatic rings. The first-order valence-corrected chi connectivity index (χ1v) is 5.52. The van der Waals surface area contributed by atoms with Crippen LogP contribution < -0.4 is 5.32 Å². The number of hydrogen-bond donors (Lipinski definition) is 1. The number of likely N-dealkylation sites (N-methyl/N-ethyl adjacent to an activating group) is 1. The van der Waals surface area contributed by atoms with Crippen LogP contribution in [0.1, 0.15) is 25.5 Å². The van der Waals surface area contributed by atoms with Crippen LogP contribution in [0, 0.1) is 0 Å². The number of nitrogens with zero attached hydrogens (tertiary/aromatic N) is 2. The maximum absolute atomic E-state index is 11.6. The average Bonchev–Trinajstić information content (AvgIpc) is 2.35. The van der Waals surface area contributed by atoms with Crippen molar-refractivity contribution in [3.05, 3.63) is 30.1 Å². The molecule has 0 spiro atoms. The van der Waals surface area contributed by atoms with Gasteiger partial charge in [-0.1, -0.05) is 0 Å². The van der Waals surface area contributed by atoms with Crippen molar-refractivity contribution in [2.75, 3.05) is 20.1 Å². The Balaban J connectivity index is 2.42. The second-order valence-corrected chi connectivity index (χ2v) is 3.79. The number of aromatic nitrogens is 1. The molecule has 4 heteroatoms. The minimum absolute atomic E-state index is 0.114. The van der Waals surface area contributed by atoms with Crippen LogP contribution in [0.25, 0.3) is 0 Å². The third-order valence-electron chi connectivity index (χ3n) is 2.67. The molecule has 0 aliphatic carbocycles. The number of carbonyl (C=O) groups is 1. The highest BCUT2D eigenvalue weighted by atomic mass is 16.2. The van der Waals surface area contributed by atoms with Crippen molar-refractivity contribution < 1.29 is 4.79 Å².